The predicted octanol–water partition coefficient (Wildman–Crippen LogP) is 3.14. The van der Waals surface area contributed by atoms with Gasteiger partial charge in [0.1, 0.15) is 0 Å². The van der Waals surface area contributed by atoms with Crippen LogP contribution in [0.5, 0.6) is 0 Å². The van der Waals surface area contributed by atoms with Gasteiger partial charge >= 0.3 is 0 Å². The molecule has 1 aliphatic carbocycles. The molecule has 4 nitrogen and oxygen atoms in total. The number of benzene rings is 1. The number of non-ortho nitro benzene ring substituents is 1. The van der Waals surface area contributed by atoms with E-state index < -0.39 is 4.92 Å². The van der Waals surface area contributed by atoms with Crippen LogP contribution in [-0.2, 0) is 6.54 Å². The van der Waals surface area contributed by atoms with Crippen LogP contribution in [-0.4, -0.2) is 11.5 Å². The number of hydrogen-bond donors (Lipinski definition) is 1. The van der Waals surface area contributed by atoms with Crippen LogP contribution < -0.4 is 5.32 Å². The van der Waals surface area contributed by atoms with Gasteiger partial charge in [0.05, 0.1) is 4.92 Å². The van der Waals surface area contributed by atoms with Gasteiger partial charge in [0.25, 0.3) is 5.69 Å². The van der Waals surface area contributed by atoms with E-state index in [0.717, 1.165) is 18.0 Å². The van der Waals surface area contributed by atoms with Gasteiger partial charge in [-0.3, -0.25) is 10.1 Å². The molecular formula is C12H15ClN2O2. The van der Waals surface area contributed by atoms with Gasteiger partial charge in [0.2, 0.25) is 0 Å². The van der Waals surface area contributed by atoms with Crippen LogP contribution in [0.2, 0.25) is 5.02 Å². The number of nitrogens with zero attached hydrogens (tertiary/aromatic N) is 1. The van der Waals surface area contributed by atoms with Gasteiger partial charge < -0.3 is 5.32 Å². The molecule has 1 fully saturated rings. The lowest BCUT2D eigenvalue weighted by atomic mass is 9.85. The topological polar surface area (TPSA) is 55.2 Å². The van der Waals surface area contributed by atoms with Crippen molar-refractivity contribution in [3.8, 4) is 0 Å². The number of rotatable bonds is 5. The molecule has 0 bridgehead atoms. The highest BCUT2D eigenvalue weighted by Gasteiger charge is 2.17. The fraction of sp³-hybridized carbons (Fsp3) is 0.500. The van der Waals surface area contributed by atoms with Gasteiger partial charge in [0, 0.05) is 23.7 Å². The highest BCUT2D eigenvalue weighted by molar-refractivity contribution is 6.31. The summed E-state index contributed by atoms with van der Waals surface area (Å²) < 4.78 is 0. The first-order valence-corrected chi connectivity index (χ1v) is 6.18. The molecule has 1 aliphatic rings. The zero-order valence-electron chi connectivity index (χ0n) is 9.49. The summed E-state index contributed by atoms with van der Waals surface area (Å²) in [6.07, 6.45) is 3.90. The maximum Gasteiger partial charge on any atom is 0.269 e. The monoisotopic (exact) mass is 254 g/mol. The van der Waals surface area contributed by atoms with E-state index in [1.165, 1.54) is 31.4 Å². The predicted molar refractivity (Wildman–Crippen MR) is 67.2 cm³/mol. The van der Waals surface area contributed by atoms with Gasteiger partial charge in [-0.1, -0.05) is 18.0 Å². The minimum atomic E-state index is -0.397. The van der Waals surface area contributed by atoms with Crippen LogP contribution in [0.1, 0.15) is 24.8 Å². The smallest absolute Gasteiger partial charge is 0.269 e. The SMILES string of the molecule is O=[N+]([O-])c1ccc(Cl)c(CNCC2CCC2)c1. The summed E-state index contributed by atoms with van der Waals surface area (Å²) in [5.74, 6) is 0.771. The summed E-state index contributed by atoms with van der Waals surface area (Å²) in [5, 5.41) is 14.5. The molecule has 92 valence electrons. The number of nitro groups is 1. The number of hydrogen-bond acceptors (Lipinski definition) is 3. The molecule has 0 aromatic heterocycles. The van der Waals surface area contributed by atoms with E-state index in [0.29, 0.717) is 11.6 Å². The highest BCUT2D eigenvalue weighted by Crippen LogP contribution is 2.26. The van der Waals surface area contributed by atoms with E-state index in [1.54, 1.807) is 6.07 Å². The van der Waals surface area contributed by atoms with Crippen LogP contribution >= 0.6 is 11.6 Å². The van der Waals surface area contributed by atoms with E-state index in [2.05, 4.69) is 5.32 Å². The molecule has 0 amide bonds. The Morgan fingerprint density at radius 2 is 2.24 bits per heavy atom. The van der Waals surface area contributed by atoms with Gasteiger partial charge in [-0.15, -0.1) is 0 Å². The molecule has 1 aromatic rings. The summed E-state index contributed by atoms with van der Waals surface area (Å²) in [6.45, 7) is 1.57. The maximum absolute atomic E-state index is 10.6. The Kier molecular flexibility index (Phi) is 3.97. The fourth-order valence-electron chi connectivity index (χ4n) is 1.92. The van der Waals surface area contributed by atoms with Gasteiger partial charge in [-0.25, -0.2) is 0 Å². The molecule has 0 saturated heterocycles. The fourth-order valence-corrected chi connectivity index (χ4v) is 2.10. The Morgan fingerprint density at radius 1 is 1.47 bits per heavy atom. The molecule has 1 aromatic carbocycles. The van der Waals surface area contributed by atoms with Crippen molar-refractivity contribution in [3.05, 3.63) is 38.9 Å². The second-order valence-electron chi connectivity index (χ2n) is 4.46. The Hall–Kier alpha value is -1.13. The van der Waals surface area contributed by atoms with Gasteiger partial charge in [-0.05, 0) is 36.9 Å². The minimum Gasteiger partial charge on any atom is -0.312 e. The standard InChI is InChI=1S/C12H15ClN2O2/c13-12-5-4-11(15(16)17)6-10(12)8-14-7-9-2-1-3-9/h4-6,9,14H,1-3,7-8H2. The van der Waals surface area contributed by atoms with Crippen LogP contribution in [0.25, 0.3) is 0 Å². The van der Waals surface area contributed by atoms with E-state index in [9.17, 15) is 10.1 Å². The summed E-state index contributed by atoms with van der Waals surface area (Å²) in [7, 11) is 0. The number of halogens is 1. The van der Waals surface area contributed by atoms with Crippen molar-refractivity contribution in [1.82, 2.24) is 5.32 Å². The Bertz CT molecular complexity index is 419. The van der Waals surface area contributed by atoms with Crippen molar-refractivity contribution in [3.63, 3.8) is 0 Å². The number of nitro benzene ring substituents is 1. The molecule has 0 heterocycles. The molecule has 0 aliphatic heterocycles. The molecule has 5 heteroatoms. The summed E-state index contributed by atoms with van der Waals surface area (Å²) in [6, 6.07) is 4.55. The van der Waals surface area contributed by atoms with Crippen LogP contribution in [0.3, 0.4) is 0 Å². The molecular weight excluding hydrogens is 240 g/mol. The largest absolute Gasteiger partial charge is 0.312 e. The zero-order valence-corrected chi connectivity index (χ0v) is 10.2. The lowest BCUT2D eigenvalue weighted by Crippen LogP contribution is -2.26. The van der Waals surface area contributed by atoms with E-state index >= 15 is 0 Å². The third-order valence-electron chi connectivity index (χ3n) is 3.21. The third kappa shape index (κ3) is 3.17. The summed E-state index contributed by atoms with van der Waals surface area (Å²) in [4.78, 5) is 10.2. The molecule has 2 rings (SSSR count). The second kappa shape index (κ2) is 5.47. The van der Waals surface area contributed by atoms with Crippen molar-refractivity contribution in [2.75, 3.05) is 6.54 Å². The van der Waals surface area contributed by atoms with E-state index in [4.69, 9.17) is 11.6 Å². The Morgan fingerprint density at radius 3 is 2.82 bits per heavy atom. The molecule has 0 unspecified atom stereocenters. The van der Waals surface area contributed by atoms with Crippen molar-refractivity contribution >= 4 is 17.3 Å². The lowest BCUT2D eigenvalue weighted by Gasteiger charge is -2.25. The Labute approximate surface area is 105 Å². The van der Waals surface area contributed by atoms with Crippen molar-refractivity contribution in [2.45, 2.75) is 25.8 Å². The molecule has 1 N–H and O–H groups in total. The normalized spacial score (nSPS) is 15.6. The first-order valence-electron chi connectivity index (χ1n) is 5.80. The Balaban J connectivity index is 1.93. The zero-order chi connectivity index (χ0) is 12.3. The van der Waals surface area contributed by atoms with Crippen molar-refractivity contribution in [1.29, 1.82) is 0 Å². The summed E-state index contributed by atoms with van der Waals surface area (Å²) >= 11 is 6.00. The first kappa shape index (κ1) is 12.3. The average molecular weight is 255 g/mol. The molecule has 17 heavy (non-hydrogen) atoms. The van der Waals surface area contributed by atoms with E-state index in [-0.39, 0.29) is 5.69 Å². The van der Waals surface area contributed by atoms with Gasteiger partial charge in [0.15, 0.2) is 0 Å². The van der Waals surface area contributed by atoms with Gasteiger partial charge in [-0.2, -0.15) is 0 Å². The van der Waals surface area contributed by atoms with Crippen LogP contribution in [0.15, 0.2) is 18.2 Å². The minimum absolute atomic E-state index is 0.0924. The van der Waals surface area contributed by atoms with Crippen molar-refractivity contribution < 1.29 is 4.92 Å². The average Bonchev–Trinajstić information content (AvgIpc) is 2.23. The third-order valence-corrected chi connectivity index (χ3v) is 3.58. The molecule has 0 radical (unpaired) electrons. The van der Waals surface area contributed by atoms with Crippen LogP contribution in [0.4, 0.5) is 5.69 Å². The van der Waals surface area contributed by atoms with E-state index in [1.807, 2.05) is 0 Å². The molecule has 1 saturated carbocycles. The maximum atomic E-state index is 10.6. The summed E-state index contributed by atoms with van der Waals surface area (Å²) in [5.41, 5.74) is 0.884. The number of nitrogens with one attached hydrogen (secondary N) is 1. The quantitative estimate of drug-likeness (QED) is 0.649. The first-order chi connectivity index (χ1) is 8.16. The van der Waals surface area contributed by atoms with Crippen LogP contribution in [0, 0.1) is 16.0 Å². The molecule has 0 spiro atoms. The highest BCUT2D eigenvalue weighted by atomic mass is 35.5. The second-order valence-corrected chi connectivity index (χ2v) is 4.87. The van der Waals surface area contributed by atoms with Crippen molar-refractivity contribution in [2.24, 2.45) is 5.92 Å². The lowest BCUT2D eigenvalue weighted by molar-refractivity contribution is -0.384. The molecule has 0 atom stereocenters.